The summed E-state index contributed by atoms with van der Waals surface area (Å²) in [5.74, 6) is 0.879. The number of thiocarbonyl (C=S) groups is 1. The van der Waals surface area contributed by atoms with Gasteiger partial charge in [0, 0.05) is 12.7 Å². The molecule has 116 valence electrons. The molecule has 1 N–H and O–H groups in total. The van der Waals surface area contributed by atoms with Crippen LogP contribution in [0.5, 0.6) is 5.75 Å². The van der Waals surface area contributed by atoms with Crippen molar-refractivity contribution in [2.45, 2.75) is 13.8 Å². The second-order valence-electron chi connectivity index (χ2n) is 5.26. The number of para-hydroxylation sites is 1. The minimum absolute atomic E-state index is 0.592. The molecular formula is C18H22N2OS. The van der Waals surface area contributed by atoms with E-state index in [1.54, 1.807) is 0 Å². The van der Waals surface area contributed by atoms with Crippen molar-refractivity contribution in [2.75, 3.05) is 25.5 Å². The minimum Gasteiger partial charge on any atom is -0.492 e. The molecular weight excluding hydrogens is 292 g/mol. The van der Waals surface area contributed by atoms with E-state index in [2.05, 4.69) is 25.2 Å². The molecule has 0 aromatic heterocycles. The van der Waals surface area contributed by atoms with E-state index in [1.807, 2.05) is 54.4 Å². The Balaban J connectivity index is 1.83. The fourth-order valence-corrected chi connectivity index (χ4v) is 2.22. The number of hydrogen-bond donors (Lipinski definition) is 1. The molecule has 2 aromatic rings. The highest BCUT2D eigenvalue weighted by Gasteiger charge is 2.07. The molecule has 0 aliphatic carbocycles. The van der Waals surface area contributed by atoms with Crippen LogP contribution in [0.2, 0.25) is 0 Å². The quantitative estimate of drug-likeness (QED) is 0.843. The first-order chi connectivity index (χ1) is 10.6. The molecule has 3 nitrogen and oxygen atoms in total. The van der Waals surface area contributed by atoms with Crippen LogP contribution in [0.4, 0.5) is 5.69 Å². The number of aryl methyl sites for hydroxylation is 1. The van der Waals surface area contributed by atoms with E-state index in [0.29, 0.717) is 11.7 Å². The van der Waals surface area contributed by atoms with Gasteiger partial charge in [-0.3, -0.25) is 0 Å². The van der Waals surface area contributed by atoms with Gasteiger partial charge in [0.05, 0.1) is 6.54 Å². The van der Waals surface area contributed by atoms with Gasteiger partial charge >= 0.3 is 0 Å². The van der Waals surface area contributed by atoms with Crippen LogP contribution in [0.3, 0.4) is 0 Å². The Bertz CT molecular complexity index is 628. The Hall–Kier alpha value is -2.07. The second-order valence-corrected chi connectivity index (χ2v) is 5.65. The van der Waals surface area contributed by atoms with E-state index in [4.69, 9.17) is 17.0 Å². The van der Waals surface area contributed by atoms with Gasteiger partial charge in [0.1, 0.15) is 12.4 Å². The number of anilines is 1. The van der Waals surface area contributed by atoms with Gasteiger partial charge in [0.15, 0.2) is 5.11 Å². The Morgan fingerprint density at radius 3 is 2.55 bits per heavy atom. The summed E-state index contributed by atoms with van der Waals surface area (Å²) in [7, 11) is 1.97. The van der Waals surface area contributed by atoms with Gasteiger partial charge in [-0.25, -0.2) is 0 Å². The molecule has 0 aliphatic heterocycles. The van der Waals surface area contributed by atoms with Crippen LogP contribution in [0.15, 0.2) is 48.5 Å². The van der Waals surface area contributed by atoms with E-state index in [0.717, 1.165) is 18.0 Å². The molecule has 0 radical (unpaired) electrons. The molecule has 0 amide bonds. The molecule has 0 unspecified atom stereocenters. The van der Waals surface area contributed by atoms with Crippen LogP contribution in [0.25, 0.3) is 0 Å². The maximum Gasteiger partial charge on any atom is 0.173 e. The number of ether oxygens (including phenoxy) is 1. The van der Waals surface area contributed by atoms with E-state index in [9.17, 15) is 0 Å². The Morgan fingerprint density at radius 1 is 1.09 bits per heavy atom. The maximum atomic E-state index is 5.69. The Labute approximate surface area is 137 Å². The third-order valence-corrected chi connectivity index (χ3v) is 4.05. The van der Waals surface area contributed by atoms with Crippen LogP contribution < -0.4 is 10.1 Å². The molecule has 0 aliphatic rings. The van der Waals surface area contributed by atoms with Gasteiger partial charge in [0.25, 0.3) is 0 Å². The lowest BCUT2D eigenvalue weighted by Crippen LogP contribution is -2.34. The van der Waals surface area contributed by atoms with Crippen molar-refractivity contribution in [1.82, 2.24) is 4.90 Å². The molecule has 22 heavy (non-hydrogen) atoms. The zero-order chi connectivity index (χ0) is 15.9. The van der Waals surface area contributed by atoms with Gasteiger partial charge < -0.3 is 15.0 Å². The number of nitrogens with zero attached hydrogens (tertiary/aromatic N) is 1. The lowest BCUT2D eigenvalue weighted by atomic mass is 10.1. The fraction of sp³-hybridized carbons (Fsp3) is 0.278. The number of benzene rings is 2. The summed E-state index contributed by atoms with van der Waals surface area (Å²) in [5, 5.41) is 4.00. The van der Waals surface area contributed by atoms with Crippen molar-refractivity contribution in [3.63, 3.8) is 0 Å². The predicted octanol–water partition coefficient (Wildman–Crippen LogP) is 4.01. The van der Waals surface area contributed by atoms with Crippen LogP contribution in [-0.2, 0) is 0 Å². The molecule has 0 atom stereocenters. The van der Waals surface area contributed by atoms with Gasteiger partial charge in [-0.1, -0.05) is 30.3 Å². The van der Waals surface area contributed by atoms with Crippen LogP contribution in [0.1, 0.15) is 11.1 Å². The zero-order valence-electron chi connectivity index (χ0n) is 13.3. The topological polar surface area (TPSA) is 24.5 Å². The summed E-state index contributed by atoms with van der Waals surface area (Å²) >= 11 is 5.45. The van der Waals surface area contributed by atoms with E-state index >= 15 is 0 Å². The molecule has 0 heterocycles. The third-order valence-electron chi connectivity index (χ3n) is 3.63. The molecule has 0 saturated heterocycles. The van der Waals surface area contributed by atoms with Gasteiger partial charge in [-0.05, 0) is 55.4 Å². The zero-order valence-corrected chi connectivity index (χ0v) is 14.1. The van der Waals surface area contributed by atoms with E-state index in [1.165, 1.54) is 11.1 Å². The first kappa shape index (κ1) is 16.3. The monoisotopic (exact) mass is 314 g/mol. The second kappa shape index (κ2) is 7.80. The first-order valence-electron chi connectivity index (χ1n) is 7.34. The fourth-order valence-electron chi connectivity index (χ4n) is 2.02. The van der Waals surface area contributed by atoms with Crippen LogP contribution in [-0.4, -0.2) is 30.2 Å². The van der Waals surface area contributed by atoms with Crippen LogP contribution in [0, 0.1) is 13.8 Å². The minimum atomic E-state index is 0.592. The smallest absolute Gasteiger partial charge is 0.173 e. The number of hydrogen-bond acceptors (Lipinski definition) is 2. The summed E-state index contributed by atoms with van der Waals surface area (Å²) in [5.41, 5.74) is 3.53. The molecule has 0 saturated carbocycles. The standard InChI is InChI=1S/C18H22N2OS/c1-14-8-7-11-17(15(14)2)19-18(22)20(3)12-13-21-16-9-5-4-6-10-16/h4-11H,12-13H2,1-3H3,(H,19,22). The molecule has 0 fully saturated rings. The molecule has 0 spiro atoms. The van der Waals surface area contributed by atoms with Crippen molar-refractivity contribution in [3.05, 3.63) is 59.7 Å². The summed E-state index contributed by atoms with van der Waals surface area (Å²) in [6.45, 7) is 5.51. The molecule has 4 heteroatoms. The summed E-state index contributed by atoms with van der Waals surface area (Å²) in [6.07, 6.45) is 0. The Kier molecular flexibility index (Phi) is 5.78. The number of likely N-dealkylation sites (N-methyl/N-ethyl adjacent to an activating group) is 1. The van der Waals surface area contributed by atoms with Gasteiger partial charge in [-0.15, -0.1) is 0 Å². The average Bonchev–Trinajstić information content (AvgIpc) is 2.52. The van der Waals surface area contributed by atoms with Crippen LogP contribution >= 0.6 is 12.2 Å². The summed E-state index contributed by atoms with van der Waals surface area (Å²) in [6, 6.07) is 16.0. The highest BCUT2D eigenvalue weighted by Crippen LogP contribution is 2.18. The normalized spacial score (nSPS) is 10.1. The van der Waals surface area contributed by atoms with Crippen molar-refractivity contribution in [1.29, 1.82) is 0 Å². The summed E-state index contributed by atoms with van der Waals surface area (Å²) < 4.78 is 5.69. The van der Waals surface area contributed by atoms with E-state index in [-0.39, 0.29) is 0 Å². The van der Waals surface area contributed by atoms with Crippen molar-refractivity contribution in [3.8, 4) is 5.75 Å². The maximum absolute atomic E-state index is 5.69. The number of rotatable bonds is 5. The highest BCUT2D eigenvalue weighted by atomic mass is 32.1. The summed E-state index contributed by atoms with van der Waals surface area (Å²) in [4.78, 5) is 1.99. The SMILES string of the molecule is Cc1cccc(NC(=S)N(C)CCOc2ccccc2)c1C. The number of nitrogens with one attached hydrogen (secondary N) is 1. The van der Waals surface area contributed by atoms with Gasteiger partial charge in [-0.2, -0.15) is 0 Å². The predicted molar refractivity (Wildman–Crippen MR) is 96.7 cm³/mol. The lowest BCUT2D eigenvalue weighted by Gasteiger charge is -2.22. The van der Waals surface area contributed by atoms with Crippen molar-refractivity contribution < 1.29 is 4.74 Å². The van der Waals surface area contributed by atoms with Crippen molar-refractivity contribution >= 4 is 23.0 Å². The Morgan fingerprint density at radius 2 is 1.82 bits per heavy atom. The third kappa shape index (κ3) is 4.46. The van der Waals surface area contributed by atoms with Gasteiger partial charge in [0.2, 0.25) is 0 Å². The molecule has 2 aromatic carbocycles. The average molecular weight is 314 g/mol. The largest absolute Gasteiger partial charge is 0.492 e. The first-order valence-corrected chi connectivity index (χ1v) is 7.75. The molecule has 0 bridgehead atoms. The lowest BCUT2D eigenvalue weighted by molar-refractivity contribution is 0.285. The van der Waals surface area contributed by atoms with Crippen molar-refractivity contribution in [2.24, 2.45) is 0 Å². The highest BCUT2D eigenvalue weighted by molar-refractivity contribution is 7.80. The molecule has 2 rings (SSSR count). The van der Waals surface area contributed by atoms with E-state index < -0.39 is 0 Å².